The predicted molar refractivity (Wildman–Crippen MR) is 169 cm³/mol. The maximum atomic E-state index is 13.0. The highest BCUT2D eigenvalue weighted by Crippen LogP contribution is 2.34. The highest BCUT2D eigenvalue weighted by molar-refractivity contribution is 7.18. The Morgan fingerprint density at radius 1 is 1.09 bits per heavy atom. The lowest BCUT2D eigenvalue weighted by molar-refractivity contribution is -0.126. The van der Waals surface area contributed by atoms with Gasteiger partial charge in [-0.05, 0) is 62.9 Å². The number of aromatic nitrogens is 3. The molecule has 1 atom stereocenters. The number of halogens is 3. The molecule has 2 N–H and O–H groups in total. The van der Waals surface area contributed by atoms with Crippen molar-refractivity contribution in [3.63, 3.8) is 0 Å². The van der Waals surface area contributed by atoms with Gasteiger partial charge in [0.1, 0.15) is 28.2 Å². The van der Waals surface area contributed by atoms with Gasteiger partial charge in [-0.3, -0.25) is 9.80 Å². The number of alkyl halides is 3. The van der Waals surface area contributed by atoms with Gasteiger partial charge in [0.25, 0.3) is 0 Å². The number of rotatable bonds is 8. The molecule has 1 unspecified atom stereocenters. The molecule has 3 aromatic heterocycles. The Kier molecular flexibility index (Phi) is 8.84. The third kappa shape index (κ3) is 6.71. The second kappa shape index (κ2) is 12.6. The Labute approximate surface area is 259 Å². The number of hydrogen-bond acceptors (Lipinski definition) is 8. The van der Waals surface area contributed by atoms with Gasteiger partial charge in [0, 0.05) is 80.2 Å². The molecule has 234 valence electrons. The van der Waals surface area contributed by atoms with Crippen LogP contribution < -0.4 is 10.6 Å². The van der Waals surface area contributed by atoms with E-state index in [1.807, 2.05) is 6.07 Å². The fourth-order valence-corrected chi connectivity index (χ4v) is 7.73. The number of nitriles is 1. The lowest BCUT2D eigenvalue weighted by atomic mass is 10.0. The highest BCUT2D eigenvalue weighted by atomic mass is 32.1. The van der Waals surface area contributed by atoms with Gasteiger partial charge in [-0.15, -0.1) is 11.3 Å². The number of benzene rings is 1. The molecule has 0 bridgehead atoms. The van der Waals surface area contributed by atoms with E-state index in [4.69, 9.17) is 0 Å². The number of piperazine rings is 1. The molecule has 0 spiro atoms. The van der Waals surface area contributed by atoms with Gasteiger partial charge in [-0.1, -0.05) is 6.07 Å². The van der Waals surface area contributed by atoms with E-state index >= 15 is 0 Å². The van der Waals surface area contributed by atoms with E-state index in [0.717, 1.165) is 87.4 Å². The SMILES string of the molecule is Cc1nc(NC2CCN(Cc3ccc4c(cc(C#N)n4CC(C)N4CCNCC4)c3C)CC2)c2cc(CC(F)(F)F)sc2n1. The summed E-state index contributed by atoms with van der Waals surface area (Å²) in [7, 11) is 0. The largest absolute Gasteiger partial charge is 0.393 e. The smallest absolute Gasteiger partial charge is 0.367 e. The summed E-state index contributed by atoms with van der Waals surface area (Å²) in [6, 6.07) is 11.0. The number of fused-ring (bicyclic) bond motifs is 2. The van der Waals surface area contributed by atoms with Crippen molar-refractivity contribution in [2.75, 3.05) is 44.6 Å². The summed E-state index contributed by atoms with van der Waals surface area (Å²) < 4.78 is 41.2. The molecule has 0 aliphatic carbocycles. The van der Waals surface area contributed by atoms with Crippen molar-refractivity contribution in [2.45, 2.75) is 71.4 Å². The number of nitrogens with one attached hydrogen (secondary N) is 2. The van der Waals surface area contributed by atoms with Crippen LogP contribution in [0.1, 0.15) is 47.3 Å². The number of piperidine rings is 1. The lowest BCUT2D eigenvalue weighted by Gasteiger charge is -2.33. The van der Waals surface area contributed by atoms with E-state index < -0.39 is 12.6 Å². The van der Waals surface area contributed by atoms with Gasteiger partial charge in [-0.25, -0.2) is 9.97 Å². The van der Waals surface area contributed by atoms with Crippen LogP contribution in [0.15, 0.2) is 24.3 Å². The minimum atomic E-state index is -4.25. The van der Waals surface area contributed by atoms with E-state index in [-0.39, 0.29) is 10.9 Å². The first kappa shape index (κ1) is 30.8. The van der Waals surface area contributed by atoms with Crippen LogP contribution in [0.25, 0.3) is 21.1 Å². The van der Waals surface area contributed by atoms with Crippen LogP contribution in [0.5, 0.6) is 0 Å². The normalized spacial score (nSPS) is 18.2. The van der Waals surface area contributed by atoms with E-state index in [9.17, 15) is 18.4 Å². The standard InChI is InChI=1S/C32H39F3N8S/c1-20(42-12-8-37-9-13-42)18-43-25(17-36)14-27-21(2)23(4-5-29(27)43)19-41-10-6-24(7-11-41)40-30-28-15-26(16-32(33,34)35)44-31(28)39-22(3)38-30/h4-5,14-15,20,24,37H,6-13,16,18-19H2,1-3H3,(H,38,39,40). The maximum absolute atomic E-state index is 13.0. The second-order valence-corrected chi connectivity index (χ2v) is 13.3. The monoisotopic (exact) mass is 624 g/mol. The zero-order chi connectivity index (χ0) is 31.0. The molecule has 6 rings (SSSR count). The first-order valence-electron chi connectivity index (χ1n) is 15.4. The van der Waals surface area contributed by atoms with Gasteiger partial charge in [-0.2, -0.15) is 18.4 Å². The summed E-state index contributed by atoms with van der Waals surface area (Å²) in [5, 5.41) is 18.7. The fraction of sp³-hybridized carbons (Fsp3) is 0.531. The van der Waals surface area contributed by atoms with Crippen LogP contribution >= 0.6 is 11.3 Å². The molecule has 5 heterocycles. The molecule has 1 aromatic carbocycles. The van der Waals surface area contributed by atoms with Crippen molar-refractivity contribution in [2.24, 2.45) is 0 Å². The van der Waals surface area contributed by atoms with E-state index in [2.05, 4.69) is 67.0 Å². The third-order valence-electron chi connectivity index (χ3n) is 9.06. The van der Waals surface area contributed by atoms with Crippen LogP contribution in [0.3, 0.4) is 0 Å². The van der Waals surface area contributed by atoms with Crippen molar-refractivity contribution >= 4 is 38.3 Å². The Morgan fingerprint density at radius 3 is 2.55 bits per heavy atom. The Hall–Kier alpha value is -3.24. The van der Waals surface area contributed by atoms with Gasteiger partial charge in [0.15, 0.2) is 0 Å². The average Bonchev–Trinajstić information content (AvgIpc) is 3.55. The fourth-order valence-electron chi connectivity index (χ4n) is 6.63. The summed E-state index contributed by atoms with van der Waals surface area (Å²) in [6.45, 7) is 13.7. The number of likely N-dealkylation sites (tertiary alicyclic amines) is 1. The number of nitrogens with zero attached hydrogens (tertiary/aromatic N) is 6. The second-order valence-electron chi connectivity index (χ2n) is 12.2. The number of anilines is 1. The first-order chi connectivity index (χ1) is 21.1. The molecule has 2 aliphatic rings. The molecular weight excluding hydrogens is 585 g/mol. The molecule has 0 radical (unpaired) electrons. The zero-order valence-electron chi connectivity index (χ0n) is 25.5. The number of aryl methyl sites for hydroxylation is 2. The van der Waals surface area contributed by atoms with Crippen LogP contribution in [0, 0.1) is 25.2 Å². The van der Waals surface area contributed by atoms with Crippen molar-refractivity contribution < 1.29 is 13.2 Å². The van der Waals surface area contributed by atoms with E-state index in [0.29, 0.717) is 33.6 Å². The Bertz CT molecular complexity index is 1670. The van der Waals surface area contributed by atoms with E-state index in [1.165, 1.54) is 11.1 Å². The van der Waals surface area contributed by atoms with Gasteiger partial charge >= 0.3 is 6.18 Å². The predicted octanol–water partition coefficient (Wildman–Crippen LogP) is 5.61. The topological polar surface area (TPSA) is 85.0 Å². The average molecular weight is 625 g/mol. The van der Waals surface area contributed by atoms with Crippen molar-refractivity contribution in [1.29, 1.82) is 5.26 Å². The summed E-state index contributed by atoms with van der Waals surface area (Å²) in [5.41, 5.74) is 4.31. The quantitative estimate of drug-likeness (QED) is 0.264. The van der Waals surface area contributed by atoms with Crippen molar-refractivity contribution in [3.05, 3.63) is 51.8 Å². The molecule has 12 heteroatoms. The molecule has 8 nitrogen and oxygen atoms in total. The minimum absolute atomic E-state index is 0.184. The summed E-state index contributed by atoms with van der Waals surface area (Å²) >= 11 is 1.09. The van der Waals surface area contributed by atoms with Gasteiger partial charge in [0.2, 0.25) is 0 Å². The highest BCUT2D eigenvalue weighted by Gasteiger charge is 2.29. The van der Waals surface area contributed by atoms with Crippen LogP contribution in [-0.4, -0.2) is 81.9 Å². The minimum Gasteiger partial charge on any atom is -0.367 e. The van der Waals surface area contributed by atoms with Crippen LogP contribution in [-0.2, 0) is 19.5 Å². The van der Waals surface area contributed by atoms with Crippen molar-refractivity contribution in [3.8, 4) is 6.07 Å². The summed E-state index contributed by atoms with van der Waals surface area (Å²) in [5.74, 6) is 1.18. The van der Waals surface area contributed by atoms with Crippen LogP contribution in [0.4, 0.5) is 19.0 Å². The van der Waals surface area contributed by atoms with Crippen LogP contribution in [0.2, 0.25) is 0 Å². The molecule has 44 heavy (non-hydrogen) atoms. The summed E-state index contributed by atoms with van der Waals surface area (Å²) in [6.07, 6.45) is -3.39. The molecular formula is C32H39F3N8S. The number of hydrogen-bond donors (Lipinski definition) is 2. The molecule has 2 fully saturated rings. The first-order valence-corrected chi connectivity index (χ1v) is 16.2. The Balaban J connectivity index is 1.11. The molecule has 0 amide bonds. The molecule has 0 saturated carbocycles. The van der Waals surface area contributed by atoms with Crippen molar-refractivity contribution in [1.82, 2.24) is 29.7 Å². The Morgan fingerprint density at radius 2 is 1.84 bits per heavy atom. The molecule has 2 aliphatic heterocycles. The zero-order valence-corrected chi connectivity index (χ0v) is 26.3. The number of thiophene rings is 1. The lowest BCUT2D eigenvalue weighted by Crippen LogP contribution is -2.48. The van der Waals surface area contributed by atoms with Gasteiger partial charge in [0.05, 0.1) is 11.8 Å². The van der Waals surface area contributed by atoms with Gasteiger partial charge < -0.3 is 15.2 Å². The molecule has 4 aromatic rings. The van der Waals surface area contributed by atoms with E-state index in [1.54, 1.807) is 13.0 Å². The molecule has 2 saturated heterocycles. The summed E-state index contributed by atoms with van der Waals surface area (Å²) in [4.78, 5) is 14.7. The maximum Gasteiger partial charge on any atom is 0.393 e. The third-order valence-corrected chi connectivity index (χ3v) is 10.1.